The highest BCUT2D eigenvalue weighted by atomic mass is 35.5. The second-order valence-electron chi connectivity index (χ2n) is 5.72. The predicted octanol–water partition coefficient (Wildman–Crippen LogP) is 4.75. The van der Waals surface area contributed by atoms with Crippen molar-refractivity contribution >= 4 is 21.4 Å². The van der Waals surface area contributed by atoms with E-state index in [0.29, 0.717) is 0 Å². The molecule has 0 saturated heterocycles. The average Bonchev–Trinajstić information content (AvgIpc) is 2.99. The molecule has 2 aromatic carbocycles. The van der Waals surface area contributed by atoms with Crippen molar-refractivity contribution in [3.05, 3.63) is 65.1 Å². The summed E-state index contributed by atoms with van der Waals surface area (Å²) >= 11 is 5.90. The van der Waals surface area contributed by atoms with Gasteiger partial charge >= 0.3 is 6.18 Å². The van der Waals surface area contributed by atoms with Gasteiger partial charge in [-0.25, -0.2) is 17.5 Å². The molecule has 0 N–H and O–H groups in total. The molecule has 4 nitrogen and oxygen atoms in total. The third-order valence-electron chi connectivity index (χ3n) is 3.68. The van der Waals surface area contributed by atoms with Gasteiger partial charge in [-0.15, -0.1) is 0 Å². The van der Waals surface area contributed by atoms with Crippen molar-refractivity contribution in [2.45, 2.75) is 11.1 Å². The summed E-state index contributed by atoms with van der Waals surface area (Å²) in [7, 11) is -3.81. The molecule has 0 saturated carbocycles. The molecule has 0 bridgehead atoms. The summed E-state index contributed by atoms with van der Waals surface area (Å²) in [4.78, 5) is -0.545. The monoisotopic (exact) mass is 418 g/mol. The van der Waals surface area contributed by atoms with Crippen LogP contribution in [0.4, 0.5) is 17.6 Å². The summed E-state index contributed by atoms with van der Waals surface area (Å²) in [6, 6.07) is 9.80. The largest absolute Gasteiger partial charge is 0.435 e. The van der Waals surface area contributed by atoms with Crippen LogP contribution in [0.15, 0.2) is 53.4 Å². The molecule has 0 spiro atoms. The second kappa shape index (κ2) is 6.65. The third kappa shape index (κ3) is 3.98. The van der Waals surface area contributed by atoms with E-state index < -0.39 is 32.4 Å². The van der Waals surface area contributed by atoms with Crippen LogP contribution in [0.25, 0.3) is 16.9 Å². The Labute approximate surface area is 156 Å². The molecule has 0 amide bonds. The van der Waals surface area contributed by atoms with Crippen molar-refractivity contribution < 1.29 is 26.0 Å². The standard InChI is InChI=1S/C17H11ClF4N2O2S/c1-27(25,26)15-6-5-10(7-13(15)19)14-9-16(17(20,21)22)23-24(14)12-4-2-3-11(18)8-12/h2-9H,1H3. The number of alkyl halides is 3. The molecular weight excluding hydrogens is 408 g/mol. The lowest BCUT2D eigenvalue weighted by atomic mass is 10.1. The van der Waals surface area contributed by atoms with Crippen molar-refractivity contribution in [1.82, 2.24) is 9.78 Å². The molecule has 3 aromatic rings. The first-order chi connectivity index (χ1) is 12.5. The lowest BCUT2D eigenvalue weighted by Gasteiger charge is -2.09. The number of rotatable bonds is 3. The molecule has 0 aliphatic rings. The Balaban J connectivity index is 2.23. The van der Waals surface area contributed by atoms with Crippen LogP contribution in [0.2, 0.25) is 5.02 Å². The second-order valence-corrected chi connectivity index (χ2v) is 8.14. The molecule has 0 atom stereocenters. The summed E-state index contributed by atoms with van der Waals surface area (Å²) in [5.41, 5.74) is -0.975. The van der Waals surface area contributed by atoms with E-state index in [4.69, 9.17) is 11.6 Å². The molecule has 0 aliphatic carbocycles. The minimum Gasteiger partial charge on any atom is -0.232 e. The highest BCUT2D eigenvalue weighted by molar-refractivity contribution is 7.90. The van der Waals surface area contributed by atoms with Crippen molar-refractivity contribution in [2.75, 3.05) is 6.26 Å². The van der Waals surface area contributed by atoms with Gasteiger partial charge in [-0.05, 0) is 36.4 Å². The zero-order chi connectivity index (χ0) is 20.0. The van der Waals surface area contributed by atoms with Gasteiger partial charge in [-0.3, -0.25) is 0 Å². The van der Waals surface area contributed by atoms with Gasteiger partial charge in [0, 0.05) is 16.8 Å². The van der Waals surface area contributed by atoms with Crippen LogP contribution in [0.5, 0.6) is 0 Å². The number of hydrogen-bond donors (Lipinski definition) is 0. The highest BCUT2D eigenvalue weighted by Gasteiger charge is 2.35. The van der Waals surface area contributed by atoms with E-state index in [1.807, 2.05) is 0 Å². The molecule has 142 valence electrons. The molecule has 0 unspecified atom stereocenters. The molecule has 27 heavy (non-hydrogen) atoms. The van der Waals surface area contributed by atoms with Gasteiger partial charge in [0.2, 0.25) is 0 Å². The fourth-order valence-electron chi connectivity index (χ4n) is 2.49. The molecule has 3 rings (SSSR count). The number of nitrogens with zero attached hydrogens (tertiary/aromatic N) is 2. The van der Waals surface area contributed by atoms with Crippen LogP contribution in [-0.2, 0) is 16.0 Å². The number of aromatic nitrogens is 2. The van der Waals surface area contributed by atoms with Gasteiger partial charge in [-0.1, -0.05) is 23.7 Å². The van der Waals surface area contributed by atoms with E-state index >= 15 is 0 Å². The van der Waals surface area contributed by atoms with Gasteiger partial charge in [0.1, 0.15) is 10.7 Å². The smallest absolute Gasteiger partial charge is 0.232 e. The summed E-state index contributed by atoms with van der Waals surface area (Å²) in [5.74, 6) is -1.07. The van der Waals surface area contributed by atoms with Crippen LogP contribution < -0.4 is 0 Å². The van der Waals surface area contributed by atoms with Crippen LogP contribution in [-0.4, -0.2) is 24.5 Å². The van der Waals surface area contributed by atoms with E-state index in [2.05, 4.69) is 5.10 Å². The quantitative estimate of drug-likeness (QED) is 0.576. The number of halogens is 5. The number of sulfone groups is 1. The first-order valence-electron chi connectivity index (χ1n) is 7.40. The Morgan fingerprint density at radius 1 is 1.07 bits per heavy atom. The summed E-state index contributed by atoms with van der Waals surface area (Å²) in [6.07, 6.45) is -3.88. The Morgan fingerprint density at radius 3 is 2.33 bits per heavy atom. The lowest BCUT2D eigenvalue weighted by Crippen LogP contribution is -2.07. The van der Waals surface area contributed by atoms with Crippen LogP contribution >= 0.6 is 11.6 Å². The first kappa shape index (κ1) is 19.4. The van der Waals surface area contributed by atoms with Gasteiger partial charge in [0.25, 0.3) is 0 Å². The SMILES string of the molecule is CS(=O)(=O)c1ccc(-c2cc(C(F)(F)F)nn2-c2cccc(Cl)c2)cc1F. The zero-order valence-electron chi connectivity index (χ0n) is 13.6. The summed E-state index contributed by atoms with van der Waals surface area (Å²) in [5, 5.41) is 3.84. The van der Waals surface area contributed by atoms with Gasteiger partial charge in [0.15, 0.2) is 15.5 Å². The van der Waals surface area contributed by atoms with E-state index in [9.17, 15) is 26.0 Å². The molecule has 0 aliphatic heterocycles. The van der Waals surface area contributed by atoms with E-state index in [0.717, 1.165) is 29.1 Å². The van der Waals surface area contributed by atoms with Crippen molar-refractivity contribution in [1.29, 1.82) is 0 Å². The highest BCUT2D eigenvalue weighted by Crippen LogP contribution is 2.34. The average molecular weight is 419 g/mol. The van der Waals surface area contributed by atoms with Crippen molar-refractivity contribution in [3.63, 3.8) is 0 Å². The Hall–Kier alpha value is -2.39. The zero-order valence-corrected chi connectivity index (χ0v) is 15.2. The topological polar surface area (TPSA) is 52.0 Å². The van der Waals surface area contributed by atoms with Crippen LogP contribution in [0.1, 0.15) is 5.69 Å². The van der Waals surface area contributed by atoms with Crippen molar-refractivity contribution in [2.24, 2.45) is 0 Å². The minimum atomic E-state index is -4.72. The molecule has 0 fully saturated rings. The van der Waals surface area contributed by atoms with Crippen LogP contribution in [0.3, 0.4) is 0 Å². The Kier molecular flexibility index (Phi) is 4.77. The van der Waals surface area contributed by atoms with Gasteiger partial charge < -0.3 is 0 Å². The summed E-state index contributed by atoms with van der Waals surface area (Å²) < 4.78 is 77.7. The van der Waals surface area contributed by atoms with E-state index in [1.54, 1.807) is 6.07 Å². The lowest BCUT2D eigenvalue weighted by molar-refractivity contribution is -0.141. The molecule has 10 heteroatoms. The Morgan fingerprint density at radius 2 is 1.78 bits per heavy atom. The molecule has 0 radical (unpaired) electrons. The predicted molar refractivity (Wildman–Crippen MR) is 92.1 cm³/mol. The van der Waals surface area contributed by atoms with Crippen molar-refractivity contribution in [3.8, 4) is 16.9 Å². The van der Waals surface area contributed by atoms with E-state index in [-0.39, 0.29) is 22.0 Å². The molecule has 1 heterocycles. The normalized spacial score (nSPS) is 12.4. The maximum absolute atomic E-state index is 14.2. The maximum Gasteiger partial charge on any atom is 0.435 e. The Bertz CT molecular complexity index is 1120. The van der Waals surface area contributed by atoms with Crippen LogP contribution in [0, 0.1) is 5.82 Å². The fourth-order valence-corrected chi connectivity index (χ4v) is 3.40. The minimum absolute atomic E-state index is 0.0304. The number of hydrogen-bond acceptors (Lipinski definition) is 3. The number of benzene rings is 2. The summed E-state index contributed by atoms with van der Waals surface area (Å²) in [6.45, 7) is 0. The molecule has 1 aromatic heterocycles. The van der Waals surface area contributed by atoms with Gasteiger partial charge in [-0.2, -0.15) is 18.3 Å². The fraction of sp³-hybridized carbons (Fsp3) is 0.118. The first-order valence-corrected chi connectivity index (χ1v) is 9.67. The van der Waals surface area contributed by atoms with E-state index in [1.165, 1.54) is 24.3 Å². The molecular formula is C17H11ClF4N2O2S. The maximum atomic E-state index is 14.2. The third-order valence-corrected chi connectivity index (χ3v) is 5.04. The van der Waals surface area contributed by atoms with Gasteiger partial charge in [0.05, 0.1) is 11.4 Å².